The third-order valence-electron chi connectivity index (χ3n) is 5.17. The number of ether oxygens (including phenoxy) is 1. The van der Waals surface area contributed by atoms with E-state index in [9.17, 15) is 14.4 Å². The Hall–Kier alpha value is -3.41. The van der Waals surface area contributed by atoms with Crippen molar-refractivity contribution in [1.82, 2.24) is 10.2 Å². The molecule has 0 aromatic heterocycles. The van der Waals surface area contributed by atoms with Crippen molar-refractivity contribution in [2.24, 2.45) is 0 Å². The Bertz CT molecular complexity index is 967. The van der Waals surface area contributed by atoms with Crippen LogP contribution in [0.5, 0.6) is 0 Å². The molecule has 30 heavy (non-hydrogen) atoms. The smallest absolute Gasteiger partial charge is 0.308 e. The van der Waals surface area contributed by atoms with E-state index in [1.54, 1.807) is 6.20 Å². The lowest BCUT2D eigenvalue weighted by Gasteiger charge is -2.32. The summed E-state index contributed by atoms with van der Waals surface area (Å²) >= 11 is 0. The average molecular weight is 406 g/mol. The highest BCUT2D eigenvalue weighted by Crippen LogP contribution is 2.33. The number of fused-ring (bicyclic) bond motifs is 1. The number of carbonyl (C=O) groups is 3. The number of aryl methyl sites for hydroxylation is 1. The van der Waals surface area contributed by atoms with E-state index in [4.69, 9.17) is 4.74 Å². The van der Waals surface area contributed by atoms with Gasteiger partial charge in [-0.05, 0) is 41.7 Å². The summed E-state index contributed by atoms with van der Waals surface area (Å²) in [6, 6.07) is 15.2. The lowest BCUT2D eigenvalue weighted by molar-refractivity contribution is -0.150. The molecule has 1 N–H and O–H groups in total. The molecule has 0 saturated carbocycles. The fourth-order valence-corrected chi connectivity index (χ4v) is 3.55. The highest BCUT2D eigenvalue weighted by atomic mass is 16.5. The van der Waals surface area contributed by atoms with Gasteiger partial charge in [0.25, 0.3) is 5.91 Å². The quantitative estimate of drug-likeness (QED) is 0.717. The normalized spacial score (nSPS) is 14.7. The maximum atomic E-state index is 12.4. The number of nitrogens with one attached hydrogen (secondary N) is 1. The molecule has 2 aromatic carbocycles. The predicted molar refractivity (Wildman–Crippen MR) is 114 cm³/mol. The van der Waals surface area contributed by atoms with Gasteiger partial charge in [0.05, 0.1) is 12.5 Å². The average Bonchev–Trinajstić information content (AvgIpc) is 2.73. The van der Waals surface area contributed by atoms with Gasteiger partial charge in [-0.25, -0.2) is 0 Å². The van der Waals surface area contributed by atoms with E-state index in [1.165, 1.54) is 23.0 Å². The van der Waals surface area contributed by atoms with Crippen molar-refractivity contribution in [3.05, 3.63) is 77.0 Å². The lowest BCUT2D eigenvalue weighted by Crippen LogP contribution is -2.34. The van der Waals surface area contributed by atoms with Gasteiger partial charge in [0.1, 0.15) is 0 Å². The minimum absolute atomic E-state index is 0.0164. The van der Waals surface area contributed by atoms with Gasteiger partial charge in [-0.15, -0.1) is 0 Å². The van der Waals surface area contributed by atoms with E-state index < -0.39 is 12.0 Å². The van der Waals surface area contributed by atoms with Crippen LogP contribution in [0.1, 0.15) is 41.6 Å². The molecule has 1 atom stereocenters. The van der Waals surface area contributed by atoms with Gasteiger partial charge in [0.2, 0.25) is 5.91 Å². The maximum Gasteiger partial charge on any atom is 0.308 e. The van der Waals surface area contributed by atoms with Crippen LogP contribution in [0.4, 0.5) is 0 Å². The number of hydrogen-bond donors (Lipinski definition) is 1. The predicted octanol–water partition coefficient (Wildman–Crippen LogP) is 3.16. The second kappa shape index (κ2) is 9.87. The van der Waals surface area contributed by atoms with Crippen LogP contribution in [-0.4, -0.2) is 35.8 Å². The summed E-state index contributed by atoms with van der Waals surface area (Å²) in [5, 5.41) is 2.77. The minimum atomic E-state index is -0.523. The summed E-state index contributed by atoms with van der Waals surface area (Å²) in [6.45, 7) is 3.62. The van der Waals surface area contributed by atoms with Gasteiger partial charge in [0.15, 0.2) is 6.61 Å². The van der Waals surface area contributed by atoms with E-state index in [0.717, 1.165) is 11.1 Å². The van der Waals surface area contributed by atoms with Crippen molar-refractivity contribution >= 4 is 23.9 Å². The first kappa shape index (κ1) is 21.3. The molecule has 0 saturated heterocycles. The summed E-state index contributed by atoms with van der Waals surface area (Å²) in [6.07, 6.45) is 4.23. The van der Waals surface area contributed by atoms with Crippen LogP contribution in [0, 0.1) is 6.92 Å². The highest BCUT2D eigenvalue weighted by Gasteiger charge is 2.28. The van der Waals surface area contributed by atoms with Crippen molar-refractivity contribution < 1.29 is 19.1 Å². The first-order valence-corrected chi connectivity index (χ1v) is 9.98. The summed E-state index contributed by atoms with van der Waals surface area (Å²) in [7, 11) is 0. The largest absolute Gasteiger partial charge is 0.456 e. The van der Waals surface area contributed by atoms with E-state index >= 15 is 0 Å². The maximum absolute atomic E-state index is 12.4. The van der Waals surface area contributed by atoms with Gasteiger partial charge >= 0.3 is 5.97 Å². The number of rotatable bonds is 7. The van der Waals surface area contributed by atoms with Crippen LogP contribution in [0.15, 0.2) is 54.7 Å². The SMILES string of the molecule is CC(=O)N1C=Cc2ccccc2[C@H]1CC(=O)OCC(=O)NCCc1ccccc1C. The number of benzene rings is 2. The van der Waals surface area contributed by atoms with E-state index in [0.29, 0.717) is 13.0 Å². The van der Waals surface area contributed by atoms with Crippen LogP contribution in [0.25, 0.3) is 6.08 Å². The third kappa shape index (κ3) is 5.35. The molecule has 3 rings (SSSR count). The molecule has 1 aliphatic rings. The summed E-state index contributed by atoms with van der Waals surface area (Å²) < 4.78 is 5.16. The molecule has 2 amide bonds. The van der Waals surface area contributed by atoms with Crippen molar-refractivity contribution in [3.63, 3.8) is 0 Å². The Balaban J connectivity index is 1.50. The molecule has 156 valence electrons. The molecule has 6 nitrogen and oxygen atoms in total. The number of nitrogens with zero attached hydrogens (tertiary/aromatic N) is 1. The van der Waals surface area contributed by atoms with Crippen LogP contribution >= 0.6 is 0 Å². The van der Waals surface area contributed by atoms with Crippen molar-refractivity contribution in [2.75, 3.05) is 13.2 Å². The number of hydrogen-bond acceptors (Lipinski definition) is 4. The zero-order valence-corrected chi connectivity index (χ0v) is 17.3. The highest BCUT2D eigenvalue weighted by molar-refractivity contribution is 5.82. The van der Waals surface area contributed by atoms with E-state index in [2.05, 4.69) is 5.32 Å². The molecule has 6 heteroatoms. The van der Waals surface area contributed by atoms with E-state index in [-0.39, 0.29) is 24.8 Å². The molecule has 1 aliphatic heterocycles. The molecule has 1 heterocycles. The molecule has 0 aliphatic carbocycles. The monoisotopic (exact) mass is 406 g/mol. The Kier molecular flexibility index (Phi) is 7.01. The van der Waals surface area contributed by atoms with Crippen LogP contribution in [-0.2, 0) is 25.5 Å². The molecule has 2 aromatic rings. The van der Waals surface area contributed by atoms with Crippen molar-refractivity contribution in [2.45, 2.75) is 32.7 Å². The van der Waals surface area contributed by atoms with Gasteiger partial charge in [0, 0.05) is 19.7 Å². The molecule has 0 spiro atoms. The van der Waals surface area contributed by atoms with Crippen molar-refractivity contribution in [1.29, 1.82) is 0 Å². The Morgan fingerprint density at radius 2 is 1.80 bits per heavy atom. The number of carbonyl (C=O) groups excluding carboxylic acids is 3. The fraction of sp³-hybridized carbons (Fsp3) is 0.292. The fourth-order valence-electron chi connectivity index (χ4n) is 3.55. The third-order valence-corrected chi connectivity index (χ3v) is 5.17. The first-order chi connectivity index (χ1) is 14.5. The Morgan fingerprint density at radius 1 is 1.07 bits per heavy atom. The van der Waals surface area contributed by atoms with Crippen LogP contribution in [0.3, 0.4) is 0 Å². The Morgan fingerprint density at radius 3 is 2.57 bits per heavy atom. The second-order valence-electron chi connectivity index (χ2n) is 7.28. The standard InChI is InChI=1S/C24H26N2O4/c1-17-7-3-4-8-19(17)11-13-25-23(28)16-30-24(29)15-22-21-10-6-5-9-20(21)12-14-26(22)18(2)27/h3-10,12,14,22H,11,13,15-16H2,1-2H3,(H,25,28)/t22-/m1/s1. The van der Waals surface area contributed by atoms with Gasteiger partial charge in [-0.2, -0.15) is 0 Å². The lowest BCUT2D eigenvalue weighted by atomic mass is 9.94. The zero-order chi connectivity index (χ0) is 21.5. The molecule has 0 radical (unpaired) electrons. The van der Waals surface area contributed by atoms with Gasteiger partial charge in [-0.3, -0.25) is 14.4 Å². The summed E-state index contributed by atoms with van der Waals surface area (Å²) in [5.41, 5.74) is 4.19. The van der Waals surface area contributed by atoms with E-state index in [1.807, 2.05) is 61.5 Å². The van der Waals surface area contributed by atoms with Crippen LogP contribution in [0.2, 0.25) is 0 Å². The summed E-state index contributed by atoms with van der Waals surface area (Å²) in [4.78, 5) is 37.9. The summed E-state index contributed by atoms with van der Waals surface area (Å²) in [5.74, 6) is -1.03. The number of esters is 1. The topological polar surface area (TPSA) is 75.7 Å². The van der Waals surface area contributed by atoms with Gasteiger partial charge in [-0.1, -0.05) is 48.5 Å². The first-order valence-electron chi connectivity index (χ1n) is 9.98. The Labute approximate surface area is 176 Å². The van der Waals surface area contributed by atoms with Crippen LogP contribution < -0.4 is 5.32 Å². The minimum Gasteiger partial charge on any atom is -0.456 e. The van der Waals surface area contributed by atoms with Crippen molar-refractivity contribution in [3.8, 4) is 0 Å². The molecular weight excluding hydrogens is 380 g/mol. The molecule has 0 fully saturated rings. The number of amides is 2. The molecular formula is C24H26N2O4. The molecule has 0 unspecified atom stereocenters. The zero-order valence-electron chi connectivity index (χ0n) is 17.3. The van der Waals surface area contributed by atoms with Gasteiger partial charge < -0.3 is 15.0 Å². The second-order valence-corrected chi connectivity index (χ2v) is 7.28. The molecule has 0 bridgehead atoms.